The average Bonchev–Trinajstić information content (AvgIpc) is 2.74. The molecule has 0 heterocycles. The maximum atomic E-state index is 13.7. The van der Waals surface area contributed by atoms with Crippen LogP contribution in [0.2, 0.25) is 0 Å². The topological polar surface area (TPSA) is 96.0 Å². The second-order valence-corrected chi connectivity index (χ2v) is 11.7. The molecule has 0 fully saturated rings. The number of sulfonamides is 1. The van der Waals surface area contributed by atoms with Gasteiger partial charge in [-0.2, -0.15) is 0 Å². The fourth-order valence-electron chi connectivity index (χ4n) is 3.62. The van der Waals surface area contributed by atoms with Crippen LogP contribution in [0.5, 0.6) is 5.75 Å². The van der Waals surface area contributed by atoms with Crippen LogP contribution in [0.1, 0.15) is 44.4 Å². The second kappa shape index (κ2) is 11.1. The van der Waals surface area contributed by atoms with Crippen LogP contribution >= 0.6 is 0 Å². The van der Waals surface area contributed by atoms with E-state index in [0.29, 0.717) is 5.75 Å². The van der Waals surface area contributed by atoms with Gasteiger partial charge >= 0.3 is 0 Å². The van der Waals surface area contributed by atoms with E-state index in [4.69, 9.17) is 4.74 Å². The molecule has 2 aromatic rings. The van der Waals surface area contributed by atoms with Crippen LogP contribution in [0.4, 0.5) is 5.69 Å². The van der Waals surface area contributed by atoms with Gasteiger partial charge in [-0.05, 0) is 70.4 Å². The summed E-state index contributed by atoms with van der Waals surface area (Å²) in [5.41, 5.74) is 2.43. The number of ether oxygens (including phenoxy) is 1. The molecule has 0 radical (unpaired) electrons. The zero-order chi connectivity index (χ0) is 26.6. The van der Waals surface area contributed by atoms with Crippen molar-refractivity contribution in [2.45, 2.75) is 59.7 Å². The third kappa shape index (κ3) is 7.71. The molecule has 35 heavy (non-hydrogen) atoms. The lowest BCUT2D eigenvalue weighted by molar-refractivity contribution is -0.140. The highest BCUT2D eigenvalue weighted by Gasteiger charge is 2.32. The normalized spacial score (nSPS) is 12.6. The maximum absolute atomic E-state index is 13.7. The van der Waals surface area contributed by atoms with Crippen molar-refractivity contribution in [3.8, 4) is 5.75 Å². The number of rotatable bonds is 9. The third-order valence-corrected chi connectivity index (χ3v) is 6.68. The smallest absolute Gasteiger partial charge is 0.244 e. The molecule has 0 unspecified atom stereocenters. The summed E-state index contributed by atoms with van der Waals surface area (Å²) < 4.78 is 32.0. The fraction of sp³-hybridized carbons (Fsp3) is 0.462. The van der Waals surface area contributed by atoms with Gasteiger partial charge in [-0.3, -0.25) is 13.9 Å². The van der Waals surface area contributed by atoms with Gasteiger partial charge in [0.05, 0.1) is 19.1 Å². The Morgan fingerprint density at radius 1 is 1.09 bits per heavy atom. The van der Waals surface area contributed by atoms with Crippen molar-refractivity contribution in [3.63, 3.8) is 0 Å². The molecule has 9 heteroatoms. The Morgan fingerprint density at radius 2 is 1.71 bits per heavy atom. The maximum Gasteiger partial charge on any atom is 0.244 e. The Bertz CT molecular complexity index is 1170. The molecule has 0 aliphatic heterocycles. The molecule has 8 nitrogen and oxygen atoms in total. The quantitative estimate of drug-likeness (QED) is 0.566. The molecular weight excluding hydrogens is 466 g/mol. The van der Waals surface area contributed by atoms with Crippen LogP contribution in [-0.2, 0) is 26.2 Å². The Hall–Kier alpha value is -3.07. The largest absolute Gasteiger partial charge is 0.495 e. The minimum absolute atomic E-state index is 0.160. The van der Waals surface area contributed by atoms with Crippen molar-refractivity contribution in [2.75, 3.05) is 24.2 Å². The monoisotopic (exact) mass is 503 g/mol. The molecule has 1 N–H and O–H groups in total. The summed E-state index contributed by atoms with van der Waals surface area (Å²) in [5, 5.41) is 2.91. The molecule has 2 amide bonds. The predicted molar refractivity (Wildman–Crippen MR) is 139 cm³/mol. The molecule has 0 saturated carbocycles. The van der Waals surface area contributed by atoms with E-state index in [1.54, 1.807) is 25.1 Å². The summed E-state index contributed by atoms with van der Waals surface area (Å²) in [5.74, 6) is -0.491. The summed E-state index contributed by atoms with van der Waals surface area (Å²) >= 11 is 0. The molecule has 1 atom stereocenters. The van der Waals surface area contributed by atoms with Gasteiger partial charge in [-0.15, -0.1) is 0 Å². The van der Waals surface area contributed by atoms with Crippen molar-refractivity contribution >= 4 is 27.5 Å². The van der Waals surface area contributed by atoms with E-state index in [1.165, 1.54) is 12.0 Å². The van der Waals surface area contributed by atoms with E-state index in [-0.39, 0.29) is 18.1 Å². The van der Waals surface area contributed by atoms with Crippen LogP contribution in [0.15, 0.2) is 42.5 Å². The highest BCUT2D eigenvalue weighted by molar-refractivity contribution is 7.92. The summed E-state index contributed by atoms with van der Waals surface area (Å²) in [6.45, 7) is 10.7. The number of amides is 2. The van der Waals surface area contributed by atoms with Crippen LogP contribution in [0.25, 0.3) is 0 Å². The average molecular weight is 504 g/mol. The molecule has 0 aliphatic rings. The van der Waals surface area contributed by atoms with Crippen LogP contribution in [0, 0.1) is 13.8 Å². The minimum atomic E-state index is -3.85. The van der Waals surface area contributed by atoms with E-state index in [9.17, 15) is 18.0 Å². The first kappa shape index (κ1) is 28.2. The van der Waals surface area contributed by atoms with Gasteiger partial charge in [0.25, 0.3) is 0 Å². The number of benzene rings is 2. The number of hydrogen-bond donors (Lipinski definition) is 1. The molecule has 0 aliphatic carbocycles. The summed E-state index contributed by atoms with van der Waals surface area (Å²) in [7, 11) is -2.40. The van der Waals surface area contributed by atoms with Crippen molar-refractivity contribution in [1.29, 1.82) is 0 Å². The van der Waals surface area contributed by atoms with E-state index >= 15 is 0 Å². The molecule has 192 valence electrons. The second-order valence-electron chi connectivity index (χ2n) is 9.81. The van der Waals surface area contributed by atoms with Crippen molar-refractivity contribution in [2.24, 2.45) is 0 Å². The number of hydrogen-bond acceptors (Lipinski definition) is 5. The first-order valence-electron chi connectivity index (χ1n) is 11.4. The summed E-state index contributed by atoms with van der Waals surface area (Å²) in [4.78, 5) is 28.1. The lowest BCUT2D eigenvalue weighted by Gasteiger charge is -2.33. The number of nitrogens with one attached hydrogen (secondary N) is 1. The SMILES string of the molecule is COc1ccc(C)cc1N(CC(=O)N(Cc1ccccc1C)[C@@H](C)C(=O)NC(C)(C)C)S(C)(=O)=O. The summed E-state index contributed by atoms with van der Waals surface area (Å²) in [6, 6.07) is 11.9. The number of carbonyl (C=O) groups excluding carboxylic acids is 2. The zero-order valence-corrected chi connectivity index (χ0v) is 22.7. The number of anilines is 1. The number of methoxy groups -OCH3 is 1. The van der Waals surface area contributed by atoms with E-state index in [1.807, 2.05) is 58.9 Å². The Balaban J connectivity index is 2.49. The standard InChI is InChI=1S/C26H37N3O5S/c1-18-13-14-23(34-7)22(15-18)29(35(8,32)33)17-24(30)28(16-21-12-10-9-11-19(21)2)20(3)25(31)27-26(4,5)6/h9-15,20H,16-17H2,1-8H3,(H,27,31)/t20-/m0/s1. The Kier molecular flexibility index (Phi) is 8.94. The summed E-state index contributed by atoms with van der Waals surface area (Å²) in [6.07, 6.45) is 1.05. The third-order valence-electron chi connectivity index (χ3n) is 5.55. The van der Waals surface area contributed by atoms with Crippen LogP contribution in [-0.4, -0.2) is 56.6 Å². The van der Waals surface area contributed by atoms with Gasteiger partial charge in [-0.25, -0.2) is 8.42 Å². The lowest BCUT2D eigenvalue weighted by Crippen LogP contribution is -2.54. The number of carbonyl (C=O) groups is 2. The number of nitrogens with zero attached hydrogens (tertiary/aromatic N) is 2. The minimum Gasteiger partial charge on any atom is -0.495 e. The predicted octanol–water partition coefficient (Wildman–Crippen LogP) is 3.41. The molecule has 2 rings (SSSR count). The molecule has 2 aromatic carbocycles. The Morgan fingerprint density at radius 3 is 2.26 bits per heavy atom. The molecule has 0 spiro atoms. The first-order valence-corrected chi connectivity index (χ1v) is 13.3. The highest BCUT2D eigenvalue weighted by atomic mass is 32.2. The van der Waals surface area contributed by atoms with Crippen molar-refractivity contribution in [3.05, 3.63) is 59.2 Å². The first-order chi connectivity index (χ1) is 16.1. The molecular formula is C26H37N3O5S. The van der Waals surface area contributed by atoms with E-state index < -0.39 is 34.1 Å². The van der Waals surface area contributed by atoms with Gasteiger partial charge in [-0.1, -0.05) is 30.3 Å². The molecule has 0 bridgehead atoms. The molecule has 0 aromatic heterocycles. The lowest BCUT2D eigenvalue weighted by atomic mass is 10.1. The molecule has 0 saturated heterocycles. The van der Waals surface area contributed by atoms with E-state index in [0.717, 1.165) is 27.3 Å². The van der Waals surface area contributed by atoms with Gasteiger partial charge in [0.2, 0.25) is 21.8 Å². The van der Waals surface area contributed by atoms with Crippen molar-refractivity contribution in [1.82, 2.24) is 10.2 Å². The highest BCUT2D eigenvalue weighted by Crippen LogP contribution is 2.31. The van der Waals surface area contributed by atoms with Gasteiger partial charge in [0.15, 0.2) is 0 Å². The van der Waals surface area contributed by atoms with E-state index in [2.05, 4.69) is 5.32 Å². The van der Waals surface area contributed by atoms with Gasteiger partial charge in [0.1, 0.15) is 18.3 Å². The fourth-order valence-corrected chi connectivity index (χ4v) is 4.46. The van der Waals surface area contributed by atoms with Crippen LogP contribution in [0.3, 0.4) is 0 Å². The van der Waals surface area contributed by atoms with Crippen molar-refractivity contribution < 1.29 is 22.7 Å². The zero-order valence-electron chi connectivity index (χ0n) is 21.9. The Labute approximate surface area is 209 Å². The van der Waals surface area contributed by atoms with Crippen LogP contribution < -0.4 is 14.4 Å². The van der Waals surface area contributed by atoms with Gasteiger partial charge < -0.3 is 15.0 Å². The van der Waals surface area contributed by atoms with Gasteiger partial charge in [0, 0.05) is 12.1 Å². The number of aryl methyl sites for hydroxylation is 2.